The van der Waals surface area contributed by atoms with Gasteiger partial charge in [0.15, 0.2) is 0 Å². The fourth-order valence-corrected chi connectivity index (χ4v) is 1.05. The average Bonchev–Trinajstić information content (AvgIpc) is 2.03. The average molecular weight is 200 g/mol. The fraction of sp³-hybridized carbons (Fsp3) is 0.818. The first-order valence-corrected chi connectivity index (χ1v) is 5.02. The van der Waals surface area contributed by atoms with Crippen LogP contribution in [0.5, 0.6) is 0 Å². The van der Waals surface area contributed by atoms with E-state index in [0.717, 1.165) is 0 Å². The van der Waals surface area contributed by atoms with Gasteiger partial charge in [-0.25, -0.2) is 0 Å². The summed E-state index contributed by atoms with van der Waals surface area (Å²) in [6.07, 6.45) is 0.422. The SMILES string of the molecule is CCOC(=O)C(C)(C)C(=O)CC(C)C. The molecule has 0 unspecified atom stereocenters. The van der Waals surface area contributed by atoms with E-state index in [-0.39, 0.29) is 11.7 Å². The summed E-state index contributed by atoms with van der Waals surface area (Å²) in [6.45, 7) is 9.21. The largest absolute Gasteiger partial charge is 0.465 e. The van der Waals surface area contributed by atoms with Crippen molar-refractivity contribution < 1.29 is 14.3 Å². The molecule has 0 rings (SSSR count). The number of carbonyl (C=O) groups excluding carboxylic acids is 2. The lowest BCUT2D eigenvalue weighted by molar-refractivity contribution is -0.158. The standard InChI is InChI=1S/C11H20O3/c1-6-14-10(13)11(4,5)9(12)7-8(2)3/h8H,6-7H2,1-5H3. The Labute approximate surface area is 85.8 Å². The van der Waals surface area contributed by atoms with E-state index in [2.05, 4.69) is 0 Å². The Morgan fingerprint density at radius 2 is 1.79 bits per heavy atom. The second kappa shape index (κ2) is 5.13. The van der Waals surface area contributed by atoms with Crippen molar-refractivity contribution in [3.8, 4) is 0 Å². The Bertz CT molecular complexity index is 217. The lowest BCUT2D eigenvalue weighted by Gasteiger charge is -2.21. The number of esters is 1. The van der Waals surface area contributed by atoms with Crippen LogP contribution in [-0.2, 0) is 14.3 Å². The molecule has 0 fully saturated rings. The normalized spacial score (nSPS) is 11.6. The van der Waals surface area contributed by atoms with Gasteiger partial charge >= 0.3 is 5.97 Å². The van der Waals surface area contributed by atoms with Crippen LogP contribution in [0.15, 0.2) is 0 Å². The minimum absolute atomic E-state index is 0.0500. The molecule has 0 aromatic heterocycles. The van der Waals surface area contributed by atoms with Gasteiger partial charge in [0.05, 0.1) is 6.61 Å². The summed E-state index contributed by atoms with van der Waals surface area (Å²) < 4.78 is 4.85. The summed E-state index contributed by atoms with van der Waals surface area (Å²) >= 11 is 0. The predicted molar refractivity (Wildman–Crippen MR) is 54.9 cm³/mol. The lowest BCUT2D eigenvalue weighted by Crippen LogP contribution is -2.35. The highest BCUT2D eigenvalue weighted by Gasteiger charge is 2.36. The molecule has 3 nitrogen and oxygen atoms in total. The fourth-order valence-electron chi connectivity index (χ4n) is 1.05. The molecule has 0 bridgehead atoms. The summed E-state index contributed by atoms with van der Waals surface area (Å²) in [5.74, 6) is -0.201. The van der Waals surface area contributed by atoms with E-state index in [0.29, 0.717) is 13.0 Å². The summed E-state index contributed by atoms with van der Waals surface area (Å²) in [4.78, 5) is 23.1. The molecule has 0 aliphatic heterocycles. The minimum Gasteiger partial charge on any atom is -0.465 e. The van der Waals surface area contributed by atoms with Crippen LogP contribution in [0, 0.1) is 11.3 Å². The lowest BCUT2D eigenvalue weighted by atomic mass is 9.84. The first kappa shape index (κ1) is 13.1. The number of Topliss-reactive ketones (excluding diaryl/α,β-unsaturated/α-hetero) is 1. The molecular weight excluding hydrogens is 180 g/mol. The van der Waals surface area contributed by atoms with Crippen molar-refractivity contribution >= 4 is 11.8 Å². The summed E-state index contributed by atoms with van der Waals surface area (Å²) in [7, 11) is 0. The maximum atomic E-state index is 11.7. The van der Waals surface area contributed by atoms with Gasteiger partial charge in [-0.15, -0.1) is 0 Å². The summed E-state index contributed by atoms with van der Waals surface area (Å²) in [6, 6.07) is 0. The number of hydrogen-bond acceptors (Lipinski definition) is 3. The van der Waals surface area contributed by atoms with Crippen molar-refractivity contribution in [2.24, 2.45) is 11.3 Å². The Kier molecular flexibility index (Phi) is 4.81. The molecule has 0 saturated carbocycles. The van der Waals surface area contributed by atoms with Gasteiger partial charge in [-0.05, 0) is 26.7 Å². The Hall–Kier alpha value is -0.860. The van der Waals surface area contributed by atoms with E-state index in [4.69, 9.17) is 4.74 Å². The van der Waals surface area contributed by atoms with E-state index < -0.39 is 11.4 Å². The monoisotopic (exact) mass is 200 g/mol. The molecule has 0 atom stereocenters. The molecule has 0 aliphatic rings. The first-order valence-electron chi connectivity index (χ1n) is 5.02. The number of ketones is 1. The van der Waals surface area contributed by atoms with Crippen LogP contribution < -0.4 is 0 Å². The van der Waals surface area contributed by atoms with Crippen LogP contribution in [0.4, 0.5) is 0 Å². The molecule has 3 heteroatoms. The zero-order valence-electron chi connectivity index (χ0n) is 9.72. The third-order valence-electron chi connectivity index (χ3n) is 2.08. The molecule has 82 valence electrons. The number of hydrogen-bond donors (Lipinski definition) is 0. The molecule has 0 N–H and O–H groups in total. The van der Waals surface area contributed by atoms with E-state index >= 15 is 0 Å². The Balaban J connectivity index is 4.44. The highest BCUT2D eigenvalue weighted by atomic mass is 16.5. The van der Waals surface area contributed by atoms with Gasteiger partial charge in [-0.2, -0.15) is 0 Å². The van der Waals surface area contributed by atoms with Crippen molar-refractivity contribution in [2.45, 2.75) is 41.0 Å². The van der Waals surface area contributed by atoms with Crippen LogP contribution in [-0.4, -0.2) is 18.4 Å². The topological polar surface area (TPSA) is 43.4 Å². The number of ether oxygens (including phenoxy) is 1. The molecule has 0 heterocycles. The number of carbonyl (C=O) groups is 2. The van der Waals surface area contributed by atoms with E-state index in [9.17, 15) is 9.59 Å². The van der Waals surface area contributed by atoms with Crippen LogP contribution in [0.25, 0.3) is 0 Å². The highest BCUT2D eigenvalue weighted by molar-refractivity contribution is 6.02. The highest BCUT2D eigenvalue weighted by Crippen LogP contribution is 2.22. The molecule has 0 aromatic rings. The van der Waals surface area contributed by atoms with Crippen LogP contribution in [0.2, 0.25) is 0 Å². The van der Waals surface area contributed by atoms with Crippen molar-refractivity contribution in [1.29, 1.82) is 0 Å². The predicted octanol–water partition coefficient (Wildman–Crippen LogP) is 2.19. The van der Waals surface area contributed by atoms with Gasteiger partial charge in [0, 0.05) is 6.42 Å². The van der Waals surface area contributed by atoms with E-state index in [1.54, 1.807) is 20.8 Å². The van der Waals surface area contributed by atoms with E-state index in [1.807, 2.05) is 13.8 Å². The van der Waals surface area contributed by atoms with Gasteiger partial charge < -0.3 is 4.74 Å². The minimum atomic E-state index is -1.000. The summed E-state index contributed by atoms with van der Waals surface area (Å²) in [5, 5.41) is 0. The quantitative estimate of drug-likeness (QED) is 0.504. The van der Waals surface area contributed by atoms with Crippen molar-refractivity contribution in [3.05, 3.63) is 0 Å². The Morgan fingerprint density at radius 1 is 1.29 bits per heavy atom. The molecule has 14 heavy (non-hydrogen) atoms. The maximum Gasteiger partial charge on any atom is 0.319 e. The third kappa shape index (κ3) is 3.48. The van der Waals surface area contributed by atoms with Gasteiger partial charge in [0.25, 0.3) is 0 Å². The molecule has 0 spiro atoms. The second-order valence-corrected chi connectivity index (χ2v) is 4.37. The molecule has 0 saturated heterocycles. The van der Waals surface area contributed by atoms with Crippen molar-refractivity contribution in [1.82, 2.24) is 0 Å². The molecular formula is C11H20O3. The molecule has 0 aliphatic carbocycles. The molecule has 0 radical (unpaired) electrons. The van der Waals surface area contributed by atoms with E-state index in [1.165, 1.54) is 0 Å². The molecule has 0 aromatic carbocycles. The zero-order valence-corrected chi connectivity index (χ0v) is 9.72. The van der Waals surface area contributed by atoms with Crippen molar-refractivity contribution in [3.63, 3.8) is 0 Å². The first-order chi connectivity index (χ1) is 6.32. The van der Waals surface area contributed by atoms with Crippen molar-refractivity contribution in [2.75, 3.05) is 6.61 Å². The number of rotatable bonds is 5. The van der Waals surface area contributed by atoms with Gasteiger partial charge in [-0.1, -0.05) is 13.8 Å². The van der Waals surface area contributed by atoms with Gasteiger partial charge in [0.1, 0.15) is 11.2 Å². The second-order valence-electron chi connectivity index (χ2n) is 4.37. The zero-order chi connectivity index (χ0) is 11.4. The maximum absolute atomic E-state index is 11.7. The van der Waals surface area contributed by atoms with Crippen LogP contribution in [0.1, 0.15) is 41.0 Å². The van der Waals surface area contributed by atoms with Gasteiger partial charge in [0.2, 0.25) is 0 Å². The van der Waals surface area contributed by atoms with Crippen LogP contribution >= 0.6 is 0 Å². The van der Waals surface area contributed by atoms with Crippen LogP contribution in [0.3, 0.4) is 0 Å². The Morgan fingerprint density at radius 3 is 2.14 bits per heavy atom. The van der Waals surface area contributed by atoms with Gasteiger partial charge in [-0.3, -0.25) is 9.59 Å². The third-order valence-corrected chi connectivity index (χ3v) is 2.08. The smallest absolute Gasteiger partial charge is 0.319 e. The summed E-state index contributed by atoms with van der Waals surface area (Å²) in [5.41, 5.74) is -1.000. The molecule has 0 amide bonds.